The van der Waals surface area contributed by atoms with Crippen LogP contribution in [0.3, 0.4) is 0 Å². The summed E-state index contributed by atoms with van der Waals surface area (Å²) in [5.74, 6) is 0.752. The average Bonchev–Trinajstić information content (AvgIpc) is 2.41. The first-order valence-electron chi connectivity index (χ1n) is 4.27. The maximum Gasteiger partial charge on any atom is 0.123 e. The molecule has 2 N–H and O–H groups in total. The van der Waals surface area contributed by atoms with E-state index in [0.29, 0.717) is 0 Å². The van der Waals surface area contributed by atoms with Crippen LogP contribution in [-0.2, 0) is 0 Å². The molecule has 0 atom stereocenters. The van der Waals surface area contributed by atoms with Gasteiger partial charge in [0, 0.05) is 17.7 Å². The van der Waals surface area contributed by atoms with Crippen LogP contribution in [0.5, 0.6) is 0 Å². The van der Waals surface area contributed by atoms with Gasteiger partial charge in [0.25, 0.3) is 0 Å². The third-order valence-corrected chi connectivity index (χ3v) is 3.17. The Morgan fingerprint density at radius 2 is 2.17 bits per heavy atom. The molecule has 66 valence electrons. The molecule has 3 heteroatoms. The van der Waals surface area contributed by atoms with E-state index in [9.17, 15) is 0 Å². The van der Waals surface area contributed by atoms with Crippen molar-refractivity contribution in [2.75, 3.05) is 20.1 Å². The van der Waals surface area contributed by atoms with Crippen molar-refractivity contribution in [3.8, 4) is 0 Å². The van der Waals surface area contributed by atoms with Crippen molar-refractivity contribution in [1.29, 1.82) is 0 Å². The predicted molar refractivity (Wildman–Crippen MR) is 50.2 cm³/mol. The summed E-state index contributed by atoms with van der Waals surface area (Å²) in [6, 6.07) is 0. The summed E-state index contributed by atoms with van der Waals surface area (Å²) in [5, 5.41) is 0. The number of hydrogen-bond donors (Lipinski definition) is 1. The summed E-state index contributed by atoms with van der Waals surface area (Å²) in [5.41, 5.74) is 8.59. The molecule has 2 rings (SSSR count). The van der Waals surface area contributed by atoms with Gasteiger partial charge in [-0.05, 0) is 26.5 Å². The topological polar surface area (TPSA) is 41.6 Å². The van der Waals surface area contributed by atoms with Crippen LogP contribution in [0.1, 0.15) is 13.8 Å². The lowest BCUT2D eigenvalue weighted by Crippen LogP contribution is -2.39. The second-order valence-corrected chi connectivity index (χ2v) is 4.07. The monoisotopic (exact) mass is 165 g/mol. The van der Waals surface area contributed by atoms with Gasteiger partial charge in [0.1, 0.15) is 5.84 Å². The maximum absolute atomic E-state index is 5.77. The first-order valence-corrected chi connectivity index (χ1v) is 4.27. The van der Waals surface area contributed by atoms with Crippen molar-refractivity contribution in [2.24, 2.45) is 10.7 Å². The number of rotatable bonds is 0. The molecule has 2 heterocycles. The van der Waals surface area contributed by atoms with Crippen LogP contribution >= 0.6 is 0 Å². The van der Waals surface area contributed by atoms with E-state index in [1.165, 1.54) is 11.1 Å². The van der Waals surface area contributed by atoms with E-state index in [0.717, 1.165) is 18.9 Å². The first kappa shape index (κ1) is 7.80. The summed E-state index contributed by atoms with van der Waals surface area (Å²) >= 11 is 0. The number of nitrogens with two attached hydrogens (primary N) is 1. The molecule has 12 heavy (non-hydrogen) atoms. The second kappa shape index (κ2) is 2.10. The van der Waals surface area contributed by atoms with Crippen molar-refractivity contribution in [2.45, 2.75) is 19.4 Å². The van der Waals surface area contributed by atoms with Gasteiger partial charge in [-0.3, -0.25) is 9.89 Å². The largest absolute Gasteiger partial charge is 0.384 e. The van der Waals surface area contributed by atoms with E-state index < -0.39 is 0 Å². The highest BCUT2D eigenvalue weighted by molar-refractivity contribution is 6.01. The summed E-state index contributed by atoms with van der Waals surface area (Å²) in [7, 11) is 2.13. The molecule has 2 aliphatic heterocycles. The molecular formula is C9H15N3. The molecule has 0 aliphatic carbocycles. The fourth-order valence-corrected chi connectivity index (χ4v) is 1.91. The summed E-state index contributed by atoms with van der Waals surface area (Å²) in [6.07, 6.45) is 0. The zero-order valence-electron chi connectivity index (χ0n) is 7.89. The fraction of sp³-hybridized carbons (Fsp3) is 0.667. The van der Waals surface area contributed by atoms with Gasteiger partial charge in [-0.15, -0.1) is 0 Å². The van der Waals surface area contributed by atoms with Gasteiger partial charge in [0.2, 0.25) is 0 Å². The number of hydrogen-bond acceptors (Lipinski definition) is 3. The molecule has 0 bridgehead atoms. The van der Waals surface area contributed by atoms with E-state index in [4.69, 9.17) is 5.73 Å². The third-order valence-electron chi connectivity index (χ3n) is 3.17. The zero-order valence-corrected chi connectivity index (χ0v) is 7.89. The highest BCUT2D eigenvalue weighted by atomic mass is 15.2. The molecule has 0 unspecified atom stereocenters. The van der Waals surface area contributed by atoms with Crippen molar-refractivity contribution >= 4 is 5.84 Å². The Hall–Kier alpha value is -0.830. The van der Waals surface area contributed by atoms with Gasteiger partial charge in [-0.25, -0.2) is 0 Å². The molecule has 0 saturated carbocycles. The molecule has 0 spiro atoms. The van der Waals surface area contributed by atoms with Gasteiger partial charge in [0.05, 0.1) is 6.54 Å². The Morgan fingerprint density at radius 3 is 2.75 bits per heavy atom. The minimum Gasteiger partial charge on any atom is -0.384 e. The minimum absolute atomic E-state index is 0.153. The van der Waals surface area contributed by atoms with Crippen molar-refractivity contribution in [3.05, 3.63) is 11.1 Å². The lowest BCUT2D eigenvalue weighted by Gasteiger charge is -2.30. The first-order chi connectivity index (χ1) is 5.53. The quantitative estimate of drug-likeness (QED) is 0.563. The Morgan fingerprint density at radius 1 is 1.50 bits per heavy atom. The van der Waals surface area contributed by atoms with Crippen LogP contribution in [0, 0.1) is 0 Å². The van der Waals surface area contributed by atoms with E-state index in [-0.39, 0.29) is 5.54 Å². The minimum atomic E-state index is 0.153. The van der Waals surface area contributed by atoms with E-state index in [1.807, 2.05) is 0 Å². The molecule has 0 aromatic rings. The summed E-state index contributed by atoms with van der Waals surface area (Å²) < 4.78 is 0. The van der Waals surface area contributed by atoms with Crippen LogP contribution in [0.15, 0.2) is 16.1 Å². The number of likely N-dealkylation sites (N-methyl/N-ethyl adjacent to an activating group) is 1. The average molecular weight is 165 g/mol. The van der Waals surface area contributed by atoms with E-state index >= 15 is 0 Å². The highest BCUT2D eigenvalue weighted by Gasteiger charge is 2.39. The lowest BCUT2D eigenvalue weighted by molar-refractivity contribution is 0.234. The van der Waals surface area contributed by atoms with Gasteiger partial charge in [0.15, 0.2) is 0 Å². The van der Waals surface area contributed by atoms with E-state index in [2.05, 4.69) is 30.8 Å². The van der Waals surface area contributed by atoms with Crippen LogP contribution in [0.2, 0.25) is 0 Å². The fourth-order valence-electron chi connectivity index (χ4n) is 1.91. The Balaban J connectivity index is 2.41. The number of aliphatic imine (C=N–C) groups is 1. The van der Waals surface area contributed by atoms with Crippen LogP contribution in [0.4, 0.5) is 0 Å². The molecule has 0 saturated heterocycles. The maximum atomic E-state index is 5.77. The number of amidine groups is 1. The van der Waals surface area contributed by atoms with Gasteiger partial charge in [-0.1, -0.05) is 0 Å². The smallest absolute Gasteiger partial charge is 0.123 e. The van der Waals surface area contributed by atoms with Gasteiger partial charge in [-0.2, -0.15) is 0 Å². The second-order valence-electron chi connectivity index (χ2n) is 4.07. The third kappa shape index (κ3) is 0.771. The Bertz CT molecular complexity index is 286. The Kier molecular flexibility index (Phi) is 1.37. The molecule has 3 nitrogen and oxygen atoms in total. The SMILES string of the molecule is CN1CC2=C(CN=C2N)C1(C)C. The highest BCUT2D eigenvalue weighted by Crippen LogP contribution is 2.35. The molecular weight excluding hydrogens is 150 g/mol. The van der Waals surface area contributed by atoms with Crippen LogP contribution in [0.25, 0.3) is 0 Å². The zero-order chi connectivity index (χ0) is 8.93. The molecule has 0 amide bonds. The van der Waals surface area contributed by atoms with Gasteiger partial charge >= 0.3 is 0 Å². The molecule has 0 fully saturated rings. The normalized spacial score (nSPS) is 27.8. The predicted octanol–water partition coefficient (Wildman–Crippen LogP) is 0.378. The van der Waals surface area contributed by atoms with Crippen molar-refractivity contribution in [1.82, 2.24) is 4.90 Å². The Labute approximate surface area is 73.0 Å². The van der Waals surface area contributed by atoms with Crippen LogP contribution < -0.4 is 5.73 Å². The summed E-state index contributed by atoms with van der Waals surface area (Å²) in [4.78, 5) is 6.56. The van der Waals surface area contributed by atoms with Crippen LogP contribution in [-0.4, -0.2) is 36.4 Å². The summed E-state index contributed by atoms with van der Waals surface area (Å²) in [6.45, 7) is 6.21. The van der Waals surface area contributed by atoms with Crippen molar-refractivity contribution in [3.63, 3.8) is 0 Å². The van der Waals surface area contributed by atoms with E-state index in [1.54, 1.807) is 0 Å². The standard InChI is InChI=1S/C9H15N3/c1-9(2)7-4-11-8(10)6(7)5-12(9)3/h4-5H2,1-3H3,(H2,10,11). The molecule has 2 aliphatic rings. The van der Waals surface area contributed by atoms with Crippen molar-refractivity contribution < 1.29 is 0 Å². The van der Waals surface area contributed by atoms with Gasteiger partial charge < -0.3 is 5.73 Å². The molecule has 0 aromatic heterocycles. The molecule has 0 radical (unpaired) electrons. The number of nitrogens with zero attached hydrogens (tertiary/aromatic N) is 2. The molecule has 0 aromatic carbocycles. The lowest BCUT2D eigenvalue weighted by atomic mass is 9.94.